The van der Waals surface area contributed by atoms with Crippen molar-refractivity contribution in [2.45, 2.75) is 0 Å². The number of anilines is 1. The Hall–Kier alpha value is -1.70. The molecule has 0 unspecified atom stereocenters. The number of nitrogens with zero attached hydrogens (tertiary/aromatic N) is 4. The van der Waals surface area contributed by atoms with E-state index in [1.54, 1.807) is 7.05 Å². The summed E-state index contributed by atoms with van der Waals surface area (Å²) < 4.78 is 1.31. The lowest BCUT2D eigenvalue weighted by Crippen LogP contribution is -2.13. The molecule has 0 amide bonds. The van der Waals surface area contributed by atoms with E-state index in [9.17, 15) is 4.79 Å². The Morgan fingerprint density at radius 1 is 1.83 bits per heavy atom. The van der Waals surface area contributed by atoms with Gasteiger partial charge < -0.3 is 5.11 Å². The van der Waals surface area contributed by atoms with Crippen molar-refractivity contribution < 1.29 is 14.7 Å². The lowest BCUT2D eigenvalue weighted by molar-refractivity contribution is -0.141. The summed E-state index contributed by atoms with van der Waals surface area (Å²) in [5.74, 6) is -0.825. The molecule has 1 heterocycles. The van der Waals surface area contributed by atoms with Gasteiger partial charge in [-0.05, 0) is 10.4 Å². The molecule has 0 aliphatic heterocycles. The second kappa shape index (κ2) is 3.62. The normalized spacial score (nSPS) is 9.75. The molecule has 0 aromatic carbocycles. The van der Waals surface area contributed by atoms with Gasteiger partial charge in [0.1, 0.15) is 0 Å². The molecule has 0 radical (unpaired) electrons. The van der Waals surface area contributed by atoms with Gasteiger partial charge in [0.25, 0.3) is 5.95 Å². The minimum absolute atomic E-state index is 0.247. The van der Waals surface area contributed by atoms with E-state index < -0.39 is 12.6 Å². The van der Waals surface area contributed by atoms with Crippen LogP contribution in [-0.2, 0) is 16.7 Å². The van der Waals surface area contributed by atoms with Crippen LogP contribution in [0.2, 0.25) is 0 Å². The maximum absolute atomic E-state index is 9.99. The van der Waals surface area contributed by atoms with Crippen LogP contribution in [0.15, 0.2) is 0 Å². The quantitative estimate of drug-likeness (QED) is 0.542. The average Bonchev–Trinajstić information content (AvgIpc) is 2.36. The van der Waals surface area contributed by atoms with Crippen LogP contribution < -0.4 is 5.48 Å². The Bertz CT molecular complexity index is 271. The van der Waals surface area contributed by atoms with E-state index in [2.05, 4.69) is 25.8 Å². The third-order valence-electron chi connectivity index (χ3n) is 0.979. The summed E-state index contributed by atoms with van der Waals surface area (Å²) in [5, 5.41) is 18.4. The standard InChI is InChI=1S/C4H7N5O3/c1-9-4(5-7-8-9)6-12-2-3(10)11/h2H2,1H3,(H,10,11)(H,5,6,8). The lowest BCUT2D eigenvalue weighted by Gasteiger charge is -2.00. The van der Waals surface area contributed by atoms with Gasteiger partial charge >= 0.3 is 5.97 Å². The second-order valence-electron chi connectivity index (χ2n) is 1.91. The summed E-state index contributed by atoms with van der Waals surface area (Å²) in [6, 6.07) is 0. The van der Waals surface area contributed by atoms with Gasteiger partial charge in [-0.15, -0.1) is 0 Å². The van der Waals surface area contributed by atoms with Crippen LogP contribution in [0.25, 0.3) is 0 Å². The molecule has 0 aliphatic carbocycles. The molecule has 0 bridgehead atoms. The SMILES string of the molecule is Cn1nnnc1NOCC(=O)O. The number of aromatic nitrogens is 4. The summed E-state index contributed by atoms with van der Waals surface area (Å²) >= 11 is 0. The predicted octanol–water partition coefficient (Wildman–Crippen LogP) is -1.36. The van der Waals surface area contributed by atoms with Crippen molar-refractivity contribution in [3.8, 4) is 0 Å². The molecule has 0 atom stereocenters. The van der Waals surface area contributed by atoms with E-state index in [0.717, 1.165) is 0 Å². The maximum atomic E-state index is 9.99. The first-order valence-electron chi connectivity index (χ1n) is 3.02. The van der Waals surface area contributed by atoms with Crippen LogP contribution in [0, 0.1) is 0 Å². The molecule has 1 aromatic heterocycles. The molecule has 8 heteroatoms. The Kier molecular flexibility index (Phi) is 2.53. The number of rotatable bonds is 4. The van der Waals surface area contributed by atoms with Crippen LogP contribution in [0.4, 0.5) is 5.95 Å². The summed E-state index contributed by atoms with van der Waals surface area (Å²) in [7, 11) is 1.59. The van der Waals surface area contributed by atoms with Crippen LogP contribution in [-0.4, -0.2) is 37.9 Å². The zero-order chi connectivity index (χ0) is 8.97. The minimum Gasteiger partial charge on any atom is -0.479 e. The smallest absolute Gasteiger partial charge is 0.332 e. The van der Waals surface area contributed by atoms with Gasteiger partial charge in [-0.3, -0.25) is 4.84 Å². The number of carbonyl (C=O) groups is 1. The number of nitrogens with one attached hydrogen (secondary N) is 1. The van der Waals surface area contributed by atoms with Gasteiger partial charge in [-0.1, -0.05) is 5.10 Å². The van der Waals surface area contributed by atoms with Crippen molar-refractivity contribution >= 4 is 11.9 Å². The van der Waals surface area contributed by atoms with E-state index in [0.29, 0.717) is 0 Å². The first kappa shape index (κ1) is 8.40. The van der Waals surface area contributed by atoms with Crippen LogP contribution in [0.5, 0.6) is 0 Å². The van der Waals surface area contributed by atoms with Crippen molar-refractivity contribution in [3.63, 3.8) is 0 Å². The third-order valence-corrected chi connectivity index (χ3v) is 0.979. The second-order valence-corrected chi connectivity index (χ2v) is 1.91. The third kappa shape index (κ3) is 2.16. The van der Waals surface area contributed by atoms with Crippen molar-refractivity contribution in [1.82, 2.24) is 20.2 Å². The number of hydrogen-bond acceptors (Lipinski definition) is 6. The molecule has 66 valence electrons. The summed E-state index contributed by atoms with van der Waals surface area (Å²) in [6.45, 7) is -0.452. The fraction of sp³-hybridized carbons (Fsp3) is 0.500. The van der Waals surface area contributed by atoms with E-state index >= 15 is 0 Å². The number of carboxylic acid groups (broad SMARTS) is 1. The Labute approximate surface area is 67.1 Å². The average molecular weight is 173 g/mol. The fourth-order valence-electron chi connectivity index (χ4n) is 0.478. The first-order valence-corrected chi connectivity index (χ1v) is 3.02. The number of tetrazole rings is 1. The Morgan fingerprint density at radius 2 is 2.58 bits per heavy atom. The molecule has 12 heavy (non-hydrogen) atoms. The van der Waals surface area contributed by atoms with Gasteiger partial charge in [0.15, 0.2) is 6.61 Å². The van der Waals surface area contributed by atoms with Crippen molar-refractivity contribution in [2.24, 2.45) is 7.05 Å². The molecule has 0 saturated heterocycles. The number of hydrogen-bond donors (Lipinski definition) is 2. The molecule has 1 rings (SSSR count). The van der Waals surface area contributed by atoms with Gasteiger partial charge in [-0.2, -0.15) is 0 Å². The summed E-state index contributed by atoms with van der Waals surface area (Å²) in [6.07, 6.45) is 0. The van der Waals surface area contributed by atoms with Gasteiger partial charge in [0.05, 0.1) is 0 Å². The molecule has 0 aliphatic rings. The van der Waals surface area contributed by atoms with E-state index in [4.69, 9.17) is 5.11 Å². The zero-order valence-corrected chi connectivity index (χ0v) is 6.26. The van der Waals surface area contributed by atoms with E-state index in [-0.39, 0.29) is 5.95 Å². The fourth-order valence-corrected chi connectivity index (χ4v) is 0.478. The number of aliphatic carboxylic acids is 1. The highest BCUT2D eigenvalue weighted by molar-refractivity contribution is 5.68. The topological polar surface area (TPSA) is 102 Å². The molecule has 8 nitrogen and oxygen atoms in total. The monoisotopic (exact) mass is 173 g/mol. The summed E-state index contributed by atoms with van der Waals surface area (Å²) in [4.78, 5) is 14.5. The summed E-state index contributed by atoms with van der Waals surface area (Å²) in [5.41, 5.74) is 2.27. The lowest BCUT2D eigenvalue weighted by atomic mass is 10.8. The molecule has 0 fully saturated rings. The van der Waals surface area contributed by atoms with Crippen molar-refractivity contribution in [2.75, 3.05) is 12.1 Å². The number of carboxylic acids is 1. The van der Waals surface area contributed by atoms with Crippen molar-refractivity contribution in [3.05, 3.63) is 0 Å². The number of aryl methyl sites for hydroxylation is 1. The highest BCUT2D eigenvalue weighted by Crippen LogP contribution is 1.94. The Balaban J connectivity index is 2.33. The predicted molar refractivity (Wildman–Crippen MR) is 36.0 cm³/mol. The molecular weight excluding hydrogens is 166 g/mol. The van der Waals surface area contributed by atoms with Gasteiger partial charge in [0.2, 0.25) is 0 Å². The molecule has 2 N–H and O–H groups in total. The molecule has 1 aromatic rings. The van der Waals surface area contributed by atoms with Crippen LogP contribution in [0.1, 0.15) is 0 Å². The zero-order valence-electron chi connectivity index (χ0n) is 6.26. The minimum atomic E-state index is -1.07. The van der Waals surface area contributed by atoms with E-state index in [1.165, 1.54) is 4.68 Å². The Morgan fingerprint density at radius 3 is 3.08 bits per heavy atom. The maximum Gasteiger partial charge on any atom is 0.332 e. The van der Waals surface area contributed by atoms with Crippen molar-refractivity contribution in [1.29, 1.82) is 0 Å². The first-order chi connectivity index (χ1) is 5.70. The largest absolute Gasteiger partial charge is 0.479 e. The van der Waals surface area contributed by atoms with Gasteiger partial charge in [0, 0.05) is 7.05 Å². The molecular formula is C4H7N5O3. The molecule has 0 spiro atoms. The highest BCUT2D eigenvalue weighted by atomic mass is 16.7. The van der Waals surface area contributed by atoms with Crippen LogP contribution >= 0.6 is 0 Å². The van der Waals surface area contributed by atoms with Crippen LogP contribution in [0.3, 0.4) is 0 Å². The van der Waals surface area contributed by atoms with Gasteiger partial charge in [-0.25, -0.2) is 15.0 Å². The van der Waals surface area contributed by atoms with E-state index in [1.807, 2.05) is 0 Å². The molecule has 0 saturated carbocycles. The highest BCUT2D eigenvalue weighted by Gasteiger charge is 2.01.